The van der Waals surface area contributed by atoms with E-state index in [1.54, 1.807) is 6.92 Å². The average Bonchev–Trinajstić information content (AvgIpc) is 2.52. The van der Waals surface area contributed by atoms with Crippen LogP contribution in [0.5, 0.6) is 0 Å². The van der Waals surface area contributed by atoms with Crippen LogP contribution in [0.15, 0.2) is 24.3 Å². The molecule has 1 aromatic rings. The Kier molecular flexibility index (Phi) is 7.72. The lowest BCUT2D eigenvalue weighted by molar-refractivity contribution is -0.117. The van der Waals surface area contributed by atoms with E-state index in [9.17, 15) is 13.2 Å². The van der Waals surface area contributed by atoms with Gasteiger partial charge in [-0.1, -0.05) is 32.9 Å². The molecule has 1 amide bonds. The Morgan fingerprint density at radius 3 is 2.26 bits per heavy atom. The third kappa shape index (κ3) is 6.71. The number of likely N-dealkylation sites (N-methyl/N-ethyl adjacent to an activating group) is 1. The number of carbonyl (C=O) groups is 1. The van der Waals surface area contributed by atoms with Gasteiger partial charge in [-0.25, -0.2) is 8.42 Å². The van der Waals surface area contributed by atoms with Crippen molar-refractivity contribution in [2.45, 2.75) is 40.2 Å². The standard InChI is InChI=1S/C17H28N2O3S/c1-5-15-8-10-16(11-9-15)18-17(20)12-19(6-2)14(4)13-23(21,22)7-3/h8-11,14H,5-7,12-13H2,1-4H3,(H,18,20)/t14-/m0/s1. The summed E-state index contributed by atoms with van der Waals surface area (Å²) in [5.41, 5.74) is 1.98. The molecule has 1 atom stereocenters. The van der Waals surface area contributed by atoms with Crippen molar-refractivity contribution in [3.8, 4) is 0 Å². The molecule has 0 unspecified atom stereocenters. The zero-order chi connectivity index (χ0) is 17.5. The lowest BCUT2D eigenvalue weighted by Gasteiger charge is -2.26. The summed E-state index contributed by atoms with van der Waals surface area (Å²) < 4.78 is 23.5. The molecule has 0 saturated heterocycles. The Labute approximate surface area is 140 Å². The number of nitrogens with one attached hydrogen (secondary N) is 1. The van der Waals surface area contributed by atoms with E-state index in [4.69, 9.17) is 0 Å². The highest BCUT2D eigenvalue weighted by Gasteiger charge is 2.21. The van der Waals surface area contributed by atoms with Crippen LogP contribution in [0.25, 0.3) is 0 Å². The maximum absolute atomic E-state index is 12.2. The Morgan fingerprint density at radius 1 is 1.17 bits per heavy atom. The topological polar surface area (TPSA) is 66.5 Å². The quantitative estimate of drug-likeness (QED) is 0.749. The summed E-state index contributed by atoms with van der Waals surface area (Å²) >= 11 is 0. The largest absolute Gasteiger partial charge is 0.325 e. The molecule has 0 aromatic heterocycles. The fraction of sp³-hybridized carbons (Fsp3) is 0.588. The van der Waals surface area contributed by atoms with Crippen molar-refractivity contribution in [2.75, 3.05) is 29.9 Å². The maximum Gasteiger partial charge on any atom is 0.238 e. The van der Waals surface area contributed by atoms with E-state index in [1.165, 1.54) is 5.56 Å². The highest BCUT2D eigenvalue weighted by atomic mass is 32.2. The van der Waals surface area contributed by atoms with Gasteiger partial charge in [-0.2, -0.15) is 0 Å². The van der Waals surface area contributed by atoms with Crippen LogP contribution in [0, 0.1) is 0 Å². The van der Waals surface area contributed by atoms with Gasteiger partial charge in [-0.3, -0.25) is 9.69 Å². The summed E-state index contributed by atoms with van der Waals surface area (Å²) in [6, 6.07) is 7.57. The summed E-state index contributed by atoms with van der Waals surface area (Å²) in [4.78, 5) is 14.1. The monoisotopic (exact) mass is 340 g/mol. The molecule has 0 aliphatic rings. The SMILES string of the molecule is CCc1ccc(NC(=O)CN(CC)[C@@H](C)CS(=O)(=O)CC)cc1. The third-order valence-corrected chi connectivity index (χ3v) is 5.83. The van der Waals surface area contributed by atoms with E-state index in [0.717, 1.165) is 12.1 Å². The number of hydrogen-bond donors (Lipinski definition) is 1. The van der Waals surface area contributed by atoms with Crippen molar-refractivity contribution in [2.24, 2.45) is 0 Å². The van der Waals surface area contributed by atoms with Gasteiger partial charge in [0.1, 0.15) is 0 Å². The van der Waals surface area contributed by atoms with Crippen LogP contribution in [0.4, 0.5) is 5.69 Å². The molecular formula is C17H28N2O3S. The lowest BCUT2D eigenvalue weighted by Crippen LogP contribution is -2.42. The molecule has 130 valence electrons. The van der Waals surface area contributed by atoms with E-state index >= 15 is 0 Å². The lowest BCUT2D eigenvalue weighted by atomic mass is 10.1. The molecule has 1 aromatic carbocycles. The van der Waals surface area contributed by atoms with Crippen molar-refractivity contribution in [3.63, 3.8) is 0 Å². The van der Waals surface area contributed by atoms with Gasteiger partial charge in [-0.05, 0) is 37.6 Å². The highest BCUT2D eigenvalue weighted by molar-refractivity contribution is 7.91. The molecule has 0 fully saturated rings. The molecule has 0 aliphatic heterocycles. The van der Waals surface area contributed by atoms with E-state index in [1.807, 2.05) is 43.0 Å². The van der Waals surface area contributed by atoms with Crippen molar-refractivity contribution in [3.05, 3.63) is 29.8 Å². The van der Waals surface area contributed by atoms with E-state index < -0.39 is 9.84 Å². The summed E-state index contributed by atoms with van der Waals surface area (Å²) in [6.45, 7) is 8.32. The summed E-state index contributed by atoms with van der Waals surface area (Å²) in [5.74, 6) is 0.0811. The van der Waals surface area contributed by atoms with Crippen LogP contribution in [-0.4, -0.2) is 49.9 Å². The third-order valence-electron chi connectivity index (χ3n) is 3.96. The number of sulfone groups is 1. The van der Waals surface area contributed by atoms with Gasteiger partial charge in [-0.15, -0.1) is 0 Å². The molecule has 0 heterocycles. The van der Waals surface area contributed by atoms with Gasteiger partial charge in [0.15, 0.2) is 9.84 Å². The summed E-state index contributed by atoms with van der Waals surface area (Å²) in [7, 11) is -3.05. The normalized spacial score (nSPS) is 13.1. The van der Waals surface area contributed by atoms with Gasteiger partial charge in [0.25, 0.3) is 0 Å². The minimum absolute atomic E-state index is 0.0792. The van der Waals surface area contributed by atoms with Gasteiger partial charge in [0.2, 0.25) is 5.91 Å². The first-order valence-corrected chi connectivity index (χ1v) is 9.96. The molecule has 0 saturated carbocycles. The first kappa shape index (κ1) is 19.6. The van der Waals surface area contributed by atoms with E-state index in [-0.39, 0.29) is 30.0 Å². The van der Waals surface area contributed by atoms with Crippen molar-refractivity contribution in [1.82, 2.24) is 4.90 Å². The number of nitrogens with zero attached hydrogens (tertiary/aromatic N) is 1. The Morgan fingerprint density at radius 2 is 1.78 bits per heavy atom. The smallest absolute Gasteiger partial charge is 0.238 e. The van der Waals surface area contributed by atoms with Gasteiger partial charge >= 0.3 is 0 Å². The molecule has 0 spiro atoms. The molecule has 5 nitrogen and oxygen atoms in total. The zero-order valence-corrected chi connectivity index (χ0v) is 15.3. The second-order valence-electron chi connectivity index (χ2n) is 5.71. The predicted octanol–water partition coefficient (Wildman–Crippen LogP) is 2.33. The number of carbonyl (C=O) groups excluding carboxylic acids is 1. The molecule has 6 heteroatoms. The molecule has 0 radical (unpaired) electrons. The first-order chi connectivity index (χ1) is 10.8. The number of rotatable bonds is 9. The van der Waals surface area contributed by atoms with Gasteiger partial charge < -0.3 is 5.32 Å². The first-order valence-electron chi connectivity index (χ1n) is 8.14. The van der Waals surface area contributed by atoms with Crippen LogP contribution in [0.2, 0.25) is 0 Å². The predicted molar refractivity (Wildman–Crippen MR) is 95.5 cm³/mol. The molecule has 0 aliphatic carbocycles. The number of benzene rings is 1. The van der Waals surface area contributed by atoms with Gasteiger partial charge in [0.05, 0.1) is 12.3 Å². The molecule has 1 rings (SSSR count). The van der Waals surface area contributed by atoms with Crippen LogP contribution in [0.1, 0.15) is 33.3 Å². The minimum Gasteiger partial charge on any atom is -0.325 e. The summed E-state index contributed by atoms with van der Waals surface area (Å²) in [6.07, 6.45) is 0.960. The Bertz CT molecular complexity index is 597. The highest BCUT2D eigenvalue weighted by Crippen LogP contribution is 2.10. The fourth-order valence-electron chi connectivity index (χ4n) is 2.38. The second kappa shape index (κ2) is 9.03. The van der Waals surface area contributed by atoms with E-state index in [2.05, 4.69) is 12.2 Å². The number of amides is 1. The number of aryl methyl sites for hydroxylation is 1. The zero-order valence-electron chi connectivity index (χ0n) is 14.5. The van der Waals surface area contributed by atoms with Crippen molar-refractivity contribution >= 4 is 21.4 Å². The molecular weight excluding hydrogens is 312 g/mol. The molecule has 1 N–H and O–H groups in total. The maximum atomic E-state index is 12.2. The van der Waals surface area contributed by atoms with E-state index in [0.29, 0.717) is 6.54 Å². The second-order valence-corrected chi connectivity index (χ2v) is 8.11. The molecule has 0 bridgehead atoms. The van der Waals surface area contributed by atoms with Gasteiger partial charge in [0, 0.05) is 17.5 Å². The Hall–Kier alpha value is -1.40. The van der Waals surface area contributed by atoms with Crippen molar-refractivity contribution < 1.29 is 13.2 Å². The van der Waals surface area contributed by atoms with Crippen LogP contribution in [0.3, 0.4) is 0 Å². The van der Waals surface area contributed by atoms with Crippen LogP contribution in [-0.2, 0) is 21.1 Å². The molecule has 23 heavy (non-hydrogen) atoms. The van der Waals surface area contributed by atoms with Crippen molar-refractivity contribution in [1.29, 1.82) is 0 Å². The average molecular weight is 340 g/mol. The van der Waals surface area contributed by atoms with Crippen LogP contribution >= 0.6 is 0 Å². The number of anilines is 1. The Balaban J connectivity index is 2.61. The minimum atomic E-state index is -3.05. The fourth-order valence-corrected chi connectivity index (χ4v) is 3.56. The van der Waals surface area contributed by atoms with Crippen LogP contribution < -0.4 is 5.32 Å². The number of hydrogen-bond acceptors (Lipinski definition) is 4. The summed E-state index contributed by atoms with van der Waals surface area (Å²) in [5, 5.41) is 2.86.